The Balaban J connectivity index is 2.07. The zero-order valence-electron chi connectivity index (χ0n) is 14.0. The number of amides is 1. The fourth-order valence-corrected chi connectivity index (χ4v) is 2.68. The summed E-state index contributed by atoms with van der Waals surface area (Å²) in [5.74, 6) is -2.34. The highest BCUT2D eigenvalue weighted by Gasteiger charge is 2.42. The van der Waals surface area contributed by atoms with E-state index in [0.717, 1.165) is 12.1 Å². The molecule has 134 valence electrons. The number of nitrogens with zero attached hydrogens (tertiary/aromatic N) is 1. The Morgan fingerprint density at radius 1 is 1.33 bits per heavy atom. The predicted molar refractivity (Wildman–Crippen MR) is 85.1 cm³/mol. The second-order valence-corrected chi connectivity index (χ2v) is 7.01. The maximum Gasteiger partial charge on any atom is 0.256 e. The summed E-state index contributed by atoms with van der Waals surface area (Å²) in [5, 5.41) is 22.9. The number of hydrogen-bond acceptors (Lipinski definition) is 4. The van der Waals surface area contributed by atoms with E-state index in [4.69, 9.17) is 0 Å². The molecule has 1 atom stereocenters. The molecule has 0 spiro atoms. The Bertz CT molecular complexity index is 609. The number of carbonyl (C=O) groups is 1. The highest BCUT2D eigenvalue weighted by Crippen LogP contribution is 2.25. The van der Waals surface area contributed by atoms with Crippen molar-refractivity contribution in [1.82, 2.24) is 10.2 Å². The Morgan fingerprint density at radius 2 is 2.04 bits per heavy atom. The Hall–Kier alpha value is -1.57. The van der Waals surface area contributed by atoms with Gasteiger partial charge in [0.15, 0.2) is 17.2 Å². The largest absolute Gasteiger partial charge is 0.394 e. The third-order valence-corrected chi connectivity index (χ3v) is 4.32. The van der Waals surface area contributed by atoms with Gasteiger partial charge in [-0.15, -0.1) is 0 Å². The van der Waals surface area contributed by atoms with Crippen molar-refractivity contribution in [2.45, 2.75) is 44.4 Å². The summed E-state index contributed by atoms with van der Waals surface area (Å²) in [6.45, 7) is 3.99. The number of likely N-dealkylation sites (tertiary alicyclic amines) is 1. The molecule has 5 nitrogen and oxygen atoms in total. The quantitative estimate of drug-likeness (QED) is 0.726. The normalized spacial score (nSPS) is 22.1. The number of halogens is 2. The molecule has 7 heteroatoms. The van der Waals surface area contributed by atoms with Gasteiger partial charge in [-0.1, -0.05) is 6.07 Å². The van der Waals surface area contributed by atoms with Crippen molar-refractivity contribution in [3.8, 4) is 0 Å². The van der Waals surface area contributed by atoms with Gasteiger partial charge in [0, 0.05) is 25.2 Å². The lowest BCUT2D eigenvalue weighted by Gasteiger charge is -2.40. The lowest BCUT2D eigenvalue weighted by molar-refractivity contribution is -0.157. The van der Waals surface area contributed by atoms with Gasteiger partial charge in [0.2, 0.25) is 0 Å². The second-order valence-electron chi connectivity index (χ2n) is 7.01. The van der Waals surface area contributed by atoms with E-state index in [9.17, 15) is 23.8 Å². The fourth-order valence-electron chi connectivity index (χ4n) is 2.68. The van der Waals surface area contributed by atoms with Crippen molar-refractivity contribution in [1.29, 1.82) is 0 Å². The molecule has 1 aromatic rings. The number of piperidine rings is 1. The summed E-state index contributed by atoms with van der Waals surface area (Å²) in [5.41, 5.74) is -1.71. The summed E-state index contributed by atoms with van der Waals surface area (Å²) in [7, 11) is 0. The number of benzene rings is 1. The van der Waals surface area contributed by atoms with E-state index in [0.29, 0.717) is 24.9 Å². The van der Waals surface area contributed by atoms with Crippen molar-refractivity contribution in [2.75, 3.05) is 19.7 Å². The molecule has 1 heterocycles. The number of hydrogen-bond donors (Lipinski definition) is 3. The lowest BCUT2D eigenvalue weighted by atomic mass is 9.90. The van der Waals surface area contributed by atoms with Crippen LogP contribution in [0.25, 0.3) is 0 Å². The van der Waals surface area contributed by atoms with Crippen molar-refractivity contribution in [3.63, 3.8) is 0 Å². The molecule has 0 aliphatic carbocycles. The number of rotatable bonds is 6. The molecule has 1 aromatic carbocycles. The van der Waals surface area contributed by atoms with E-state index in [1.54, 1.807) is 13.8 Å². The predicted octanol–water partition coefficient (Wildman–Crippen LogP) is 1.18. The second kappa shape index (κ2) is 7.13. The number of nitrogens with one attached hydrogen (secondary N) is 1. The van der Waals surface area contributed by atoms with E-state index in [1.165, 1.54) is 11.0 Å². The summed E-state index contributed by atoms with van der Waals surface area (Å²) < 4.78 is 26.3. The zero-order valence-corrected chi connectivity index (χ0v) is 14.0. The molecule has 1 amide bonds. The number of aliphatic hydroxyl groups is 2. The topological polar surface area (TPSA) is 72.8 Å². The highest BCUT2D eigenvalue weighted by atomic mass is 19.2. The monoisotopic (exact) mass is 342 g/mol. The summed E-state index contributed by atoms with van der Waals surface area (Å²) in [4.78, 5) is 14.1. The fraction of sp³-hybridized carbons (Fsp3) is 0.588. The van der Waals surface area contributed by atoms with Gasteiger partial charge in [0.25, 0.3) is 5.91 Å². The molecule has 1 unspecified atom stereocenters. The van der Waals surface area contributed by atoms with Gasteiger partial charge in [-0.3, -0.25) is 4.79 Å². The molecule has 0 aromatic heterocycles. The molecule has 2 rings (SSSR count). The standard InChI is InChI=1S/C17H24F2N2O3/c1-16(2,11-22)20-10-17(24)6-3-7-21(15(17)23)9-12-4-5-13(18)14(19)8-12/h4-5,8,20,22,24H,3,6-7,9-11H2,1-2H3. The molecule has 3 N–H and O–H groups in total. The molecular weight excluding hydrogens is 318 g/mol. The third kappa shape index (κ3) is 4.28. The number of aliphatic hydroxyl groups excluding tert-OH is 1. The smallest absolute Gasteiger partial charge is 0.256 e. The number of β-amino-alcohol motifs (C(OH)–C–C–N with tert-alkyl or cyclic N) is 1. The molecule has 0 radical (unpaired) electrons. The van der Waals surface area contributed by atoms with Crippen LogP contribution in [0.3, 0.4) is 0 Å². The van der Waals surface area contributed by atoms with Crippen molar-refractivity contribution in [3.05, 3.63) is 35.4 Å². The van der Waals surface area contributed by atoms with Crippen LogP contribution in [0.1, 0.15) is 32.3 Å². The first-order valence-electron chi connectivity index (χ1n) is 7.98. The molecule has 1 fully saturated rings. The Morgan fingerprint density at radius 3 is 2.67 bits per heavy atom. The number of carbonyl (C=O) groups excluding carboxylic acids is 1. The van der Waals surface area contributed by atoms with E-state index in [1.807, 2.05) is 0 Å². The van der Waals surface area contributed by atoms with Crippen LogP contribution in [0, 0.1) is 11.6 Å². The van der Waals surface area contributed by atoms with Gasteiger partial charge in [0.1, 0.15) is 0 Å². The molecule has 24 heavy (non-hydrogen) atoms. The summed E-state index contributed by atoms with van der Waals surface area (Å²) in [6.07, 6.45) is 0.918. The molecule has 1 aliphatic heterocycles. The molecule has 1 saturated heterocycles. The first-order valence-corrected chi connectivity index (χ1v) is 7.98. The molecule has 0 bridgehead atoms. The minimum Gasteiger partial charge on any atom is -0.394 e. The first-order chi connectivity index (χ1) is 11.2. The maximum absolute atomic E-state index is 13.3. The van der Waals surface area contributed by atoms with Gasteiger partial charge < -0.3 is 20.4 Å². The van der Waals surface area contributed by atoms with Crippen LogP contribution in [0.5, 0.6) is 0 Å². The van der Waals surface area contributed by atoms with E-state index < -0.39 is 28.7 Å². The molecular formula is C17H24F2N2O3. The van der Waals surface area contributed by atoms with E-state index in [2.05, 4.69) is 5.32 Å². The molecule has 1 aliphatic rings. The zero-order chi connectivity index (χ0) is 18.0. The first kappa shape index (κ1) is 18.8. The minimum atomic E-state index is -1.57. The van der Waals surface area contributed by atoms with Crippen LogP contribution >= 0.6 is 0 Å². The van der Waals surface area contributed by atoms with Crippen LogP contribution in [0.2, 0.25) is 0 Å². The van der Waals surface area contributed by atoms with Gasteiger partial charge >= 0.3 is 0 Å². The maximum atomic E-state index is 13.3. The third-order valence-electron chi connectivity index (χ3n) is 4.32. The van der Waals surface area contributed by atoms with Gasteiger partial charge in [-0.05, 0) is 44.4 Å². The SMILES string of the molecule is CC(C)(CO)NCC1(O)CCCN(Cc2ccc(F)c(F)c2)C1=O. The van der Waals surface area contributed by atoms with Crippen molar-refractivity contribution < 1.29 is 23.8 Å². The van der Waals surface area contributed by atoms with Gasteiger partial charge in [0.05, 0.1) is 6.61 Å². The average molecular weight is 342 g/mol. The van der Waals surface area contributed by atoms with Crippen LogP contribution in [-0.4, -0.2) is 51.9 Å². The lowest BCUT2D eigenvalue weighted by Crippen LogP contribution is -2.60. The van der Waals surface area contributed by atoms with Gasteiger partial charge in [-0.25, -0.2) is 8.78 Å². The van der Waals surface area contributed by atoms with Crippen LogP contribution in [0.4, 0.5) is 8.78 Å². The minimum absolute atomic E-state index is 0.0215. The Kier molecular flexibility index (Phi) is 5.57. The summed E-state index contributed by atoms with van der Waals surface area (Å²) >= 11 is 0. The van der Waals surface area contributed by atoms with Crippen molar-refractivity contribution in [2.24, 2.45) is 0 Å². The average Bonchev–Trinajstić information content (AvgIpc) is 2.54. The van der Waals surface area contributed by atoms with Crippen LogP contribution in [-0.2, 0) is 11.3 Å². The Labute approximate surface area is 140 Å². The van der Waals surface area contributed by atoms with Gasteiger partial charge in [-0.2, -0.15) is 0 Å². The molecule has 0 saturated carbocycles. The highest BCUT2D eigenvalue weighted by molar-refractivity contribution is 5.86. The van der Waals surface area contributed by atoms with Crippen molar-refractivity contribution >= 4 is 5.91 Å². The van der Waals surface area contributed by atoms with Crippen LogP contribution < -0.4 is 5.32 Å². The summed E-state index contributed by atoms with van der Waals surface area (Å²) in [6, 6.07) is 3.51. The van der Waals surface area contributed by atoms with E-state index in [-0.39, 0.29) is 19.7 Å². The van der Waals surface area contributed by atoms with Crippen LogP contribution in [0.15, 0.2) is 18.2 Å². The van der Waals surface area contributed by atoms with E-state index >= 15 is 0 Å².